The van der Waals surface area contributed by atoms with E-state index in [0.717, 1.165) is 24.8 Å². The maximum atomic E-state index is 12.9. The number of cyclic esters (lactones) is 1. The van der Waals surface area contributed by atoms with Crippen LogP contribution in [0.4, 0.5) is 0 Å². The van der Waals surface area contributed by atoms with E-state index < -0.39 is 24.1 Å². The van der Waals surface area contributed by atoms with E-state index in [-0.39, 0.29) is 36.4 Å². The topological polar surface area (TPSA) is 97.1 Å². The molecule has 8 heteroatoms. The minimum atomic E-state index is -1.04. The molecule has 0 unspecified atom stereocenters. The van der Waals surface area contributed by atoms with Crippen molar-refractivity contribution in [3.8, 4) is 0 Å². The van der Waals surface area contributed by atoms with E-state index in [1.165, 1.54) is 0 Å². The Hall–Kier alpha value is -2.61. The smallest absolute Gasteiger partial charge is 0.405 e. The van der Waals surface area contributed by atoms with E-state index in [9.17, 15) is 14.8 Å². The molecule has 182 valence electrons. The van der Waals surface area contributed by atoms with Crippen molar-refractivity contribution in [3.05, 3.63) is 41.1 Å². The van der Waals surface area contributed by atoms with Crippen molar-refractivity contribution in [2.45, 2.75) is 72.4 Å². The maximum absolute atomic E-state index is 12.9. The van der Waals surface area contributed by atoms with E-state index in [1.807, 2.05) is 30.3 Å². The quantitative estimate of drug-likeness (QED) is 0.237. The molecule has 8 nitrogen and oxygen atoms in total. The first-order valence-electron chi connectivity index (χ1n) is 11.8. The number of carbonyl (C=O) groups excluding carboxylic acids is 2. The van der Waals surface area contributed by atoms with Crippen LogP contribution in [-0.2, 0) is 35.2 Å². The van der Waals surface area contributed by atoms with Crippen LogP contribution in [0.25, 0.3) is 0 Å². The Balaban J connectivity index is 1.84. The summed E-state index contributed by atoms with van der Waals surface area (Å²) in [5.41, 5.74) is 0.456. The van der Waals surface area contributed by atoms with E-state index in [1.54, 1.807) is 6.92 Å². The van der Waals surface area contributed by atoms with Gasteiger partial charge in [-0.3, -0.25) is 10.0 Å². The van der Waals surface area contributed by atoms with Gasteiger partial charge in [0.15, 0.2) is 0 Å². The largest absolute Gasteiger partial charge is 0.458 e. The molecule has 5 atom stereocenters. The fourth-order valence-electron chi connectivity index (χ4n) is 4.67. The summed E-state index contributed by atoms with van der Waals surface area (Å²) in [7, 11) is 0. The average Bonchev–Trinajstić information content (AvgIpc) is 3.12. The highest BCUT2D eigenvalue weighted by Crippen LogP contribution is 2.38. The van der Waals surface area contributed by atoms with Gasteiger partial charge in [-0.05, 0) is 43.1 Å². The van der Waals surface area contributed by atoms with Crippen molar-refractivity contribution in [1.29, 1.82) is 0 Å². The molecule has 2 fully saturated rings. The van der Waals surface area contributed by atoms with Crippen LogP contribution in [0.1, 0.15) is 58.9 Å². The molecule has 1 saturated carbocycles. The summed E-state index contributed by atoms with van der Waals surface area (Å²) in [5.74, 6) is -1.07. The minimum absolute atomic E-state index is 0.0319. The van der Waals surface area contributed by atoms with Crippen LogP contribution in [0.3, 0.4) is 0 Å². The van der Waals surface area contributed by atoms with Gasteiger partial charge in [-0.1, -0.05) is 57.5 Å². The maximum Gasteiger partial charge on any atom is 0.405 e. The average molecular weight is 462 g/mol. The van der Waals surface area contributed by atoms with Gasteiger partial charge < -0.3 is 19.0 Å². The second-order valence-electron chi connectivity index (χ2n) is 9.29. The molecule has 2 aliphatic rings. The predicted octanol–water partition coefficient (Wildman–Crippen LogP) is 4.00. The highest BCUT2D eigenvalue weighted by molar-refractivity contribution is 6.35. The normalized spacial score (nSPS) is 28.3. The highest BCUT2D eigenvalue weighted by Gasteiger charge is 2.50. The van der Waals surface area contributed by atoms with Crippen LogP contribution in [0.2, 0.25) is 0 Å². The third-order valence-corrected chi connectivity index (χ3v) is 6.46. The SMILES string of the molecule is CCOC(=O)/C([C@@H]1CC(=O)O[C@H]1O[C@@H]1C[C@H](C)CC[C@H]1C(C)C)=[N+](/[O-])OCc1ccccc1. The molecule has 0 amide bonds. The van der Waals surface area contributed by atoms with Gasteiger partial charge >= 0.3 is 17.7 Å². The Morgan fingerprint density at radius 1 is 1.24 bits per heavy atom. The fraction of sp³-hybridized carbons (Fsp3) is 0.640. The molecule has 0 radical (unpaired) electrons. The van der Waals surface area contributed by atoms with Crippen LogP contribution < -0.4 is 0 Å². The van der Waals surface area contributed by atoms with Crippen LogP contribution >= 0.6 is 0 Å². The van der Waals surface area contributed by atoms with E-state index in [4.69, 9.17) is 19.0 Å². The molecule has 1 aromatic carbocycles. The third kappa shape index (κ3) is 6.47. The summed E-state index contributed by atoms with van der Waals surface area (Å²) in [6.45, 7) is 8.19. The lowest BCUT2D eigenvalue weighted by Gasteiger charge is -2.38. The molecule has 1 aromatic rings. The van der Waals surface area contributed by atoms with Gasteiger partial charge in [0.25, 0.3) is 0 Å². The number of benzene rings is 1. The van der Waals surface area contributed by atoms with Gasteiger partial charge in [0.05, 0.1) is 25.7 Å². The summed E-state index contributed by atoms with van der Waals surface area (Å²) >= 11 is 0. The van der Waals surface area contributed by atoms with Crippen molar-refractivity contribution in [2.24, 2.45) is 23.7 Å². The minimum Gasteiger partial charge on any atom is -0.458 e. The van der Waals surface area contributed by atoms with Crippen molar-refractivity contribution in [2.75, 3.05) is 6.61 Å². The zero-order valence-electron chi connectivity index (χ0n) is 19.9. The second kappa shape index (κ2) is 11.5. The number of ether oxygens (including phenoxy) is 3. The number of rotatable bonds is 9. The van der Waals surface area contributed by atoms with Gasteiger partial charge in [0.2, 0.25) is 6.29 Å². The predicted molar refractivity (Wildman–Crippen MR) is 121 cm³/mol. The zero-order valence-corrected chi connectivity index (χ0v) is 19.9. The van der Waals surface area contributed by atoms with Crippen molar-refractivity contribution < 1.29 is 33.5 Å². The molecule has 1 aliphatic heterocycles. The molecule has 0 aromatic heterocycles. The lowest BCUT2D eigenvalue weighted by atomic mass is 9.75. The molecule has 0 bridgehead atoms. The molecule has 1 saturated heterocycles. The Morgan fingerprint density at radius 2 is 1.97 bits per heavy atom. The Morgan fingerprint density at radius 3 is 2.64 bits per heavy atom. The highest BCUT2D eigenvalue weighted by atomic mass is 16.9. The summed E-state index contributed by atoms with van der Waals surface area (Å²) in [4.78, 5) is 30.5. The summed E-state index contributed by atoms with van der Waals surface area (Å²) in [6, 6.07) is 9.13. The Labute approximate surface area is 195 Å². The van der Waals surface area contributed by atoms with Crippen molar-refractivity contribution >= 4 is 17.7 Å². The van der Waals surface area contributed by atoms with Gasteiger partial charge in [0.1, 0.15) is 5.92 Å². The monoisotopic (exact) mass is 461 g/mol. The lowest BCUT2D eigenvalue weighted by molar-refractivity contribution is -0.747. The molecule has 1 aliphatic carbocycles. The summed E-state index contributed by atoms with van der Waals surface area (Å²) in [6.07, 6.45) is 1.67. The second-order valence-corrected chi connectivity index (χ2v) is 9.29. The van der Waals surface area contributed by atoms with Gasteiger partial charge in [-0.2, -0.15) is 0 Å². The molecule has 1 heterocycles. The molecule has 33 heavy (non-hydrogen) atoms. The molecular formula is C25H35NO7. The van der Waals surface area contributed by atoms with Crippen molar-refractivity contribution in [3.63, 3.8) is 0 Å². The first kappa shape index (κ1) is 25.0. The van der Waals surface area contributed by atoms with Crippen LogP contribution in [0, 0.1) is 28.9 Å². The zero-order chi connectivity index (χ0) is 24.0. The first-order chi connectivity index (χ1) is 15.8. The molecule has 3 rings (SSSR count). The standard InChI is InChI=1S/C25H35NO7/c1-5-30-24(28)23(26(29)31-15-18-9-7-6-8-10-18)20-14-22(27)33-25(20)32-21-13-17(4)11-12-19(21)16(2)3/h6-10,16-17,19-21,25H,5,11-15H2,1-4H3/b26-23-/t17-,19+,20+,21-,25-/m1/s1. The summed E-state index contributed by atoms with van der Waals surface area (Å²) < 4.78 is 16.9. The number of carbonyl (C=O) groups is 2. The number of hydrogen-bond acceptors (Lipinski definition) is 7. The van der Waals surface area contributed by atoms with Crippen LogP contribution in [0.5, 0.6) is 0 Å². The van der Waals surface area contributed by atoms with E-state index in [0.29, 0.717) is 17.8 Å². The Kier molecular flexibility index (Phi) is 8.72. The summed E-state index contributed by atoms with van der Waals surface area (Å²) in [5, 5.41) is 12.9. The van der Waals surface area contributed by atoms with E-state index in [2.05, 4.69) is 20.8 Å². The van der Waals surface area contributed by atoms with Gasteiger partial charge in [-0.15, -0.1) is 0 Å². The number of hydrogen-bond donors (Lipinski definition) is 0. The van der Waals surface area contributed by atoms with Gasteiger partial charge in [-0.25, -0.2) is 4.79 Å². The van der Waals surface area contributed by atoms with Crippen LogP contribution in [-0.4, -0.2) is 41.6 Å². The number of nitrogens with zero attached hydrogens (tertiary/aromatic N) is 1. The fourth-order valence-corrected chi connectivity index (χ4v) is 4.67. The van der Waals surface area contributed by atoms with Crippen molar-refractivity contribution in [1.82, 2.24) is 0 Å². The van der Waals surface area contributed by atoms with Gasteiger partial charge in [0, 0.05) is 4.90 Å². The van der Waals surface area contributed by atoms with Crippen LogP contribution in [0.15, 0.2) is 30.3 Å². The third-order valence-electron chi connectivity index (χ3n) is 6.46. The molecular weight excluding hydrogens is 426 g/mol. The Bertz CT molecular complexity index is 838. The van der Waals surface area contributed by atoms with E-state index >= 15 is 0 Å². The molecule has 0 N–H and O–H groups in total. The number of esters is 2. The molecule has 0 spiro atoms. The first-order valence-corrected chi connectivity index (χ1v) is 11.8. The lowest BCUT2D eigenvalue weighted by Crippen LogP contribution is -2.43.